The molecule has 0 aliphatic heterocycles. The summed E-state index contributed by atoms with van der Waals surface area (Å²) in [5, 5.41) is 0.890. The molecule has 1 aromatic carbocycles. The van der Waals surface area contributed by atoms with Gasteiger partial charge in [-0.15, -0.1) is 0 Å². The number of benzene rings is 1. The van der Waals surface area contributed by atoms with Crippen molar-refractivity contribution >= 4 is 29.2 Å². The fourth-order valence-corrected chi connectivity index (χ4v) is 1.25. The zero-order valence-electron chi connectivity index (χ0n) is 7.87. The highest BCUT2D eigenvalue weighted by Gasteiger charge is 2.00. The van der Waals surface area contributed by atoms with Crippen molar-refractivity contribution in [2.45, 2.75) is 0 Å². The van der Waals surface area contributed by atoms with Gasteiger partial charge in [-0.25, -0.2) is 4.79 Å². The van der Waals surface area contributed by atoms with Gasteiger partial charge < -0.3 is 9.47 Å². The van der Waals surface area contributed by atoms with Crippen molar-refractivity contribution in [1.29, 1.82) is 0 Å². The van der Waals surface area contributed by atoms with Crippen molar-refractivity contribution in [3.63, 3.8) is 0 Å². The van der Waals surface area contributed by atoms with E-state index in [1.54, 1.807) is 18.2 Å². The number of methoxy groups -OCH3 is 1. The average Bonchev–Trinajstić information content (AvgIpc) is 2.21. The molecule has 0 aliphatic carbocycles. The molecular weight excluding hydrogens is 239 g/mol. The number of hydrogen-bond donors (Lipinski definition) is 0. The van der Waals surface area contributed by atoms with Gasteiger partial charge in [0.25, 0.3) is 0 Å². The zero-order chi connectivity index (χ0) is 11.3. The van der Waals surface area contributed by atoms with Crippen LogP contribution in [0.4, 0.5) is 0 Å². The summed E-state index contributed by atoms with van der Waals surface area (Å²) in [6, 6.07) is 4.78. The molecule has 1 rings (SSSR count). The Bertz CT molecular complexity index is 388. The van der Waals surface area contributed by atoms with E-state index in [9.17, 15) is 4.79 Å². The van der Waals surface area contributed by atoms with E-state index in [1.807, 2.05) is 0 Å². The van der Waals surface area contributed by atoms with E-state index in [0.29, 0.717) is 15.8 Å². The topological polar surface area (TPSA) is 35.5 Å². The van der Waals surface area contributed by atoms with Crippen LogP contribution >= 0.6 is 23.2 Å². The van der Waals surface area contributed by atoms with E-state index in [2.05, 4.69) is 4.74 Å². The van der Waals surface area contributed by atoms with Gasteiger partial charge in [-0.3, -0.25) is 0 Å². The van der Waals surface area contributed by atoms with Crippen molar-refractivity contribution in [3.8, 4) is 5.75 Å². The van der Waals surface area contributed by atoms with Gasteiger partial charge in [0.2, 0.25) is 0 Å². The van der Waals surface area contributed by atoms with E-state index >= 15 is 0 Å². The number of esters is 1. The molecule has 5 heteroatoms. The first-order valence-electron chi connectivity index (χ1n) is 3.99. The van der Waals surface area contributed by atoms with E-state index in [1.165, 1.54) is 13.4 Å². The molecule has 0 N–H and O–H groups in total. The van der Waals surface area contributed by atoms with Crippen molar-refractivity contribution in [3.05, 3.63) is 40.6 Å². The molecule has 0 saturated carbocycles. The fraction of sp³-hybridized carbons (Fsp3) is 0.100. The van der Waals surface area contributed by atoms with Crippen LogP contribution in [0.5, 0.6) is 5.75 Å². The van der Waals surface area contributed by atoms with Crippen LogP contribution in [0.15, 0.2) is 30.5 Å². The number of carbonyl (C=O) groups excluding carboxylic acids is 1. The van der Waals surface area contributed by atoms with Gasteiger partial charge in [0, 0.05) is 5.02 Å². The molecule has 0 fully saturated rings. The maximum absolute atomic E-state index is 10.7. The molecule has 0 saturated heterocycles. The molecule has 0 aromatic heterocycles. The molecule has 3 nitrogen and oxygen atoms in total. The Morgan fingerprint density at radius 3 is 2.73 bits per heavy atom. The van der Waals surface area contributed by atoms with Gasteiger partial charge in [0.15, 0.2) is 0 Å². The van der Waals surface area contributed by atoms with Gasteiger partial charge in [-0.05, 0) is 18.2 Å². The van der Waals surface area contributed by atoms with Crippen LogP contribution in [-0.4, -0.2) is 13.1 Å². The summed E-state index contributed by atoms with van der Waals surface area (Å²) in [6.07, 6.45) is 2.34. The first kappa shape index (κ1) is 11.9. The minimum absolute atomic E-state index is 0.372. The van der Waals surface area contributed by atoms with Crippen molar-refractivity contribution in [2.75, 3.05) is 7.11 Å². The Morgan fingerprint density at radius 2 is 2.13 bits per heavy atom. The van der Waals surface area contributed by atoms with Crippen molar-refractivity contribution in [1.82, 2.24) is 0 Å². The smallest absolute Gasteiger partial charge is 0.333 e. The van der Waals surface area contributed by atoms with E-state index in [-0.39, 0.29) is 0 Å². The number of ether oxygens (including phenoxy) is 2. The van der Waals surface area contributed by atoms with Crippen LogP contribution in [-0.2, 0) is 9.53 Å². The Balaban J connectivity index is 2.65. The SMILES string of the molecule is COC(=O)/C=C/Oc1ccc(Cl)cc1Cl. The predicted octanol–water partition coefficient (Wildman–Crippen LogP) is 3.06. The Labute approximate surface area is 97.2 Å². The second kappa shape index (κ2) is 5.63. The summed E-state index contributed by atoms with van der Waals surface area (Å²) in [5.41, 5.74) is 0. The van der Waals surface area contributed by atoms with Crippen molar-refractivity contribution in [2.24, 2.45) is 0 Å². The maximum Gasteiger partial charge on any atom is 0.333 e. The van der Waals surface area contributed by atoms with Gasteiger partial charge in [-0.2, -0.15) is 0 Å². The minimum Gasteiger partial charge on any atom is -0.466 e. The summed E-state index contributed by atoms with van der Waals surface area (Å²) in [4.78, 5) is 10.7. The average molecular weight is 247 g/mol. The highest BCUT2D eigenvalue weighted by Crippen LogP contribution is 2.27. The number of rotatable bonds is 3. The quantitative estimate of drug-likeness (QED) is 0.467. The first-order valence-corrected chi connectivity index (χ1v) is 4.75. The monoisotopic (exact) mass is 246 g/mol. The molecule has 1 aromatic rings. The van der Waals surface area contributed by atoms with Crippen LogP contribution in [0.1, 0.15) is 0 Å². The standard InChI is InChI=1S/C10H8Cl2O3/c1-14-10(13)4-5-15-9-3-2-7(11)6-8(9)12/h2-6H,1H3/b5-4+. The summed E-state index contributed by atoms with van der Waals surface area (Å²) in [7, 11) is 1.28. The van der Waals surface area contributed by atoms with Gasteiger partial charge in [0.1, 0.15) is 5.75 Å². The Hall–Kier alpha value is -1.19. The predicted molar refractivity (Wildman–Crippen MR) is 58.2 cm³/mol. The summed E-state index contributed by atoms with van der Waals surface area (Å²) in [5.74, 6) is -0.0821. The lowest BCUT2D eigenvalue weighted by molar-refractivity contribution is -0.134. The summed E-state index contributed by atoms with van der Waals surface area (Å²) >= 11 is 11.5. The second-order valence-corrected chi connectivity index (χ2v) is 3.36. The lowest BCUT2D eigenvalue weighted by atomic mass is 10.3. The molecule has 0 bridgehead atoms. The van der Waals surface area contributed by atoms with Gasteiger partial charge in [0.05, 0.1) is 24.5 Å². The third-order valence-electron chi connectivity index (χ3n) is 1.49. The number of carbonyl (C=O) groups is 1. The molecule has 0 radical (unpaired) electrons. The molecule has 0 heterocycles. The van der Waals surface area contributed by atoms with E-state index < -0.39 is 5.97 Å². The summed E-state index contributed by atoms with van der Waals surface area (Å²) in [6.45, 7) is 0. The highest BCUT2D eigenvalue weighted by atomic mass is 35.5. The molecular formula is C10H8Cl2O3. The minimum atomic E-state index is -0.500. The maximum atomic E-state index is 10.7. The fourth-order valence-electron chi connectivity index (χ4n) is 0.802. The molecule has 15 heavy (non-hydrogen) atoms. The Morgan fingerprint density at radius 1 is 1.40 bits per heavy atom. The molecule has 0 unspecified atom stereocenters. The van der Waals surface area contributed by atoms with Crippen LogP contribution in [0.3, 0.4) is 0 Å². The van der Waals surface area contributed by atoms with Gasteiger partial charge >= 0.3 is 5.97 Å². The third kappa shape index (κ3) is 3.81. The normalized spacial score (nSPS) is 10.3. The lowest BCUT2D eigenvalue weighted by Crippen LogP contribution is -1.95. The van der Waals surface area contributed by atoms with Crippen LogP contribution in [0, 0.1) is 0 Å². The molecule has 0 amide bonds. The van der Waals surface area contributed by atoms with Gasteiger partial charge in [-0.1, -0.05) is 23.2 Å². The molecule has 0 atom stereocenters. The number of hydrogen-bond acceptors (Lipinski definition) is 3. The van der Waals surface area contributed by atoms with Crippen LogP contribution in [0.25, 0.3) is 0 Å². The first-order chi connectivity index (χ1) is 7.13. The lowest BCUT2D eigenvalue weighted by Gasteiger charge is -2.02. The largest absolute Gasteiger partial charge is 0.466 e. The zero-order valence-corrected chi connectivity index (χ0v) is 9.38. The third-order valence-corrected chi connectivity index (χ3v) is 2.02. The second-order valence-electron chi connectivity index (χ2n) is 2.52. The van der Waals surface area contributed by atoms with Crippen molar-refractivity contribution < 1.29 is 14.3 Å². The highest BCUT2D eigenvalue weighted by molar-refractivity contribution is 6.35. The summed E-state index contributed by atoms with van der Waals surface area (Å²) < 4.78 is 9.47. The molecule has 0 aliphatic rings. The van der Waals surface area contributed by atoms with Crippen LogP contribution in [0.2, 0.25) is 10.0 Å². The molecule has 0 spiro atoms. The van der Waals surface area contributed by atoms with Crippen LogP contribution < -0.4 is 4.74 Å². The molecule has 80 valence electrons. The Kier molecular flexibility index (Phi) is 4.46. The number of halogens is 2. The van der Waals surface area contributed by atoms with E-state index in [0.717, 1.165) is 6.08 Å². The van der Waals surface area contributed by atoms with E-state index in [4.69, 9.17) is 27.9 Å².